The van der Waals surface area contributed by atoms with Crippen LogP contribution < -0.4 is 0 Å². The van der Waals surface area contributed by atoms with Crippen LogP contribution in [0.2, 0.25) is 24.5 Å². The van der Waals surface area contributed by atoms with Gasteiger partial charge in [0, 0.05) is 6.61 Å². The first-order valence-corrected chi connectivity index (χ1v) is 12.1. The van der Waals surface area contributed by atoms with Crippen LogP contribution in [0.25, 0.3) is 0 Å². The summed E-state index contributed by atoms with van der Waals surface area (Å²) in [4.78, 5) is 0. The lowest BCUT2D eigenvalue weighted by atomic mass is 9.81. The van der Waals surface area contributed by atoms with Crippen molar-refractivity contribution in [3.63, 3.8) is 0 Å². The van der Waals surface area contributed by atoms with Crippen molar-refractivity contribution in [2.24, 2.45) is 5.92 Å². The Balaban J connectivity index is 2.30. The summed E-state index contributed by atoms with van der Waals surface area (Å²) >= 11 is 0. The molecule has 0 spiro atoms. The van der Waals surface area contributed by atoms with Crippen LogP contribution in [-0.4, -0.2) is 33.2 Å². The second kappa shape index (κ2) is 7.19. The molecule has 1 saturated heterocycles. The molecule has 0 aliphatic carbocycles. The van der Waals surface area contributed by atoms with Crippen LogP contribution in [0.5, 0.6) is 0 Å². The second-order valence-corrected chi connectivity index (χ2v) is 14.6. The van der Waals surface area contributed by atoms with Crippen LogP contribution in [0, 0.1) is 5.92 Å². The standard InChI is InChI=1S/C18H39BO3Si/c1-15(14-20-23(9,10)16(2,3)4)12-11-13-19-21-17(5,6)18(7,8)22-19/h15H,11-14H2,1-10H3/t15-/m0/s1. The van der Waals surface area contributed by atoms with Gasteiger partial charge in [-0.2, -0.15) is 0 Å². The fraction of sp³-hybridized carbons (Fsp3) is 1.00. The SMILES string of the molecule is C[C@@H](CCCB1OC(C)(C)C(C)(C)O1)CO[Si](C)(C)C(C)(C)C. The fourth-order valence-electron chi connectivity index (χ4n) is 2.37. The normalized spacial score (nSPS) is 22.4. The van der Waals surface area contributed by atoms with Gasteiger partial charge in [-0.15, -0.1) is 0 Å². The first-order chi connectivity index (χ1) is 10.2. The molecule has 0 aromatic carbocycles. The Morgan fingerprint density at radius 1 is 1.04 bits per heavy atom. The zero-order chi connectivity index (χ0) is 18.1. The average molecular weight is 342 g/mol. The van der Waals surface area contributed by atoms with Gasteiger partial charge in [0.15, 0.2) is 8.32 Å². The zero-order valence-electron chi connectivity index (χ0n) is 17.2. The van der Waals surface area contributed by atoms with Gasteiger partial charge in [0.05, 0.1) is 11.2 Å². The number of rotatable bonds is 7. The summed E-state index contributed by atoms with van der Waals surface area (Å²) in [6.07, 6.45) is 3.26. The van der Waals surface area contributed by atoms with E-state index in [0.29, 0.717) is 5.92 Å². The number of hydrogen-bond donors (Lipinski definition) is 0. The molecular weight excluding hydrogens is 303 g/mol. The molecule has 1 aliphatic heterocycles. The van der Waals surface area contributed by atoms with E-state index in [1.807, 2.05) is 0 Å². The molecule has 1 rings (SSSR count). The molecule has 1 fully saturated rings. The van der Waals surface area contributed by atoms with Crippen molar-refractivity contribution in [1.29, 1.82) is 0 Å². The summed E-state index contributed by atoms with van der Waals surface area (Å²) in [5.41, 5.74) is -0.427. The average Bonchev–Trinajstić information content (AvgIpc) is 2.54. The second-order valence-electron chi connectivity index (χ2n) is 9.79. The maximum atomic E-state index is 6.32. The van der Waals surface area contributed by atoms with E-state index >= 15 is 0 Å². The number of hydrogen-bond acceptors (Lipinski definition) is 3. The van der Waals surface area contributed by atoms with Crippen molar-refractivity contribution in [3.8, 4) is 0 Å². The minimum absolute atomic E-state index is 0.0616. The molecule has 0 unspecified atom stereocenters. The Morgan fingerprint density at radius 3 is 1.96 bits per heavy atom. The van der Waals surface area contributed by atoms with Crippen LogP contribution in [0.3, 0.4) is 0 Å². The third kappa shape index (κ3) is 5.59. The lowest BCUT2D eigenvalue weighted by Gasteiger charge is -2.37. The minimum atomic E-state index is -1.62. The molecule has 0 bridgehead atoms. The highest BCUT2D eigenvalue weighted by Gasteiger charge is 2.50. The molecule has 0 saturated carbocycles. The first kappa shape index (κ1) is 21.2. The van der Waals surface area contributed by atoms with Crippen molar-refractivity contribution >= 4 is 15.4 Å². The highest BCUT2D eigenvalue weighted by atomic mass is 28.4. The van der Waals surface area contributed by atoms with Gasteiger partial charge in [0.1, 0.15) is 0 Å². The lowest BCUT2D eigenvalue weighted by Crippen LogP contribution is -2.41. The van der Waals surface area contributed by atoms with Crippen LogP contribution >= 0.6 is 0 Å². The molecule has 0 N–H and O–H groups in total. The molecule has 136 valence electrons. The van der Waals surface area contributed by atoms with E-state index in [1.165, 1.54) is 6.42 Å². The minimum Gasteiger partial charge on any atom is -0.417 e. The monoisotopic (exact) mass is 342 g/mol. The van der Waals surface area contributed by atoms with Gasteiger partial charge in [0.2, 0.25) is 0 Å². The summed E-state index contributed by atoms with van der Waals surface area (Å²) in [5.74, 6) is 0.589. The molecule has 0 aromatic rings. The Hall–Kier alpha value is 0.162. The molecule has 1 atom stereocenters. The summed E-state index contributed by atoms with van der Waals surface area (Å²) in [6, 6.07) is 0. The van der Waals surface area contributed by atoms with E-state index in [2.05, 4.69) is 68.5 Å². The highest BCUT2D eigenvalue weighted by molar-refractivity contribution is 6.74. The van der Waals surface area contributed by atoms with Crippen molar-refractivity contribution in [1.82, 2.24) is 0 Å². The molecule has 1 aliphatic rings. The van der Waals surface area contributed by atoms with E-state index in [1.54, 1.807) is 0 Å². The van der Waals surface area contributed by atoms with Gasteiger partial charge in [-0.1, -0.05) is 34.1 Å². The third-order valence-corrected chi connectivity index (χ3v) is 10.5. The lowest BCUT2D eigenvalue weighted by molar-refractivity contribution is 0.00578. The molecule has 0 amide bonds. The van der Waals surface area contributed by atoms with Crippen molar-refractivity contribution in [2.75, 3.05) is 6.61 Å². The van der Waals surface area contributed by atoms with E-state index < -0.39 is 8.32 Å². The van der Waals surface area contributed by atoms with Gasteiger partial charge in [0.25, 0.3) is 0 Å². The molecule has 23 heavy (non-hydrogen) atoms. The zero-order valence-corrected chi connectivity index (χ0v) is 18.2. The van der Waals surface area contributed by atoms with Crippen molar-refractivity contribution in [2.45, 2.75) is 104 Å². The highest BCUT2D eigenvalue weighted by Crippen LogP contribution is 2.39. The van der Waals surface area contributed by atoms with E-state index in [9.17, 15) is 0 Å². The Kier molecular flexibility index (Phi) is 6.63. The van der Waals surface area contributed by atoms with Gasteiger partial charge in [-0.05, 0) is 64.5 Å². The van der Waals surface area contributed by atoms with Crippen LogP contribution in [-0.2, 0) is 13.7 Å². The predicted molar refractivity (Wildman–Crippen MR) is 102 cm³/mol. The fourth-order valence-corrected chi connectivity index (χ4v) is 3.50. The summed E-state index contributed by atoms with van der Waals surface area (Å²) in [6.45, 7) is 23.1. The first-order valence-electron chi connectivity index (χ1n) is 9.17. The van der Waals surface area contributed by atoms with Gasteiger partial charge >= 0.3 is 7.12 Å². The van der Waals surface area contributed by atoms with Gasteiger partial charge < -0.3 is 13.7 Å². The quantitative estimate of drug-likeness (QED) is 0.570. The molecule has 5 heteroatoms. The molecule has 0 radical (unpaired) electrons. The van der Waals surface area contributed by atoms with Crippen LogP contribution in [0.1, 0.15) is 68.2 Å². The predicted octanol–water partition coefficient (Wildman–Crippen LogP) is 5.52. The molecule has 1 heterocycles. The summed E-state index contributed by atoms with van der Waals surface area (Å²) in [7, 11) is -1.68. The van der Waals surface area contributed by atoms with Crippen LogP contribution in [0.15, 0.2) is 0 Å². The summed E-state index contributed by atoms with van der Waals surface area (Å²) in [5, 5.41) is 0.287. The van der Waals surface area contributed by atoms with Crippen molar-refractivity contribution in [3.05, 3.63) is 0 Å². The third-order valence-electron chi connectivity index (χ3n) is 5.97. The van der Waals surface area contributed by atoms with Crippen LogP contribution in [0.4, 0.5) is 0 Å². The van der Waals surface area contributed by atoms with Crippen molar-refractivity contribution < 1.29 is 13.7 Å². The van der Waals surface area contributed by atoms with E-state index in [-0.39, 0.29) is 23.4 Å². The van der Waals surface area contributed by atoms with E-state index in [0.717, 1.165) is 19.3 Å². The largest absolute Gasteiger partial charge is 0.457 e. The van der Waals surface area contributed by atoms with Gasteiger partial charge in [-0.3, -0.25) is 0 Å². The summed E-state index contributed by atoms with van der Waals surface area (Å²) < 4.78 is 18.4. The molecule has 0 aromatic heterocycles. The van der Waals surface area contributed by atoms with E-state index in [4.69, 9.17) is 13.7 Å². The topological polar surface area (TPSA) is 27.7 Å². The Bertz CT molecular complexity index is 372. The van der Waals surface area contributed by atoms with Gasteiger partial charge in [-0.25, -0.2) is 0 Å². The smallest absolute Gasteiger partial charge is 0.417 e. The molecular formula is C18H39BO3Si. The Morgan fingerprint density at radius 2 is 1.52 bits per heavy atom. The maximum absolute atomic E-state index is 6.32. The molecule has 3 nitrogen and oxygen atoms in total. The Labute approximate surface area is 146 Å². The maximum Gasteiger partial charge on any atom is 0.457 e.